The van der Waals surface area contributed by atoms with E-state index in [4.69, 9.17) is 5.26 Å². The second-order valence-corrected chi connectivity index (χ2v) is 5.82. The van der Waals surface area contributed by atoms with Crippen molar-refractivity contribution in [1.29, 1.82) is 5.26 Å². The fraction of sp³-hybridized carbons (Fsp3) is 0.105. The quantitative estimate of drug-likeness (QED) is 0.277. The molecule has 0 spiro atoms. The van der Waals surface area contributed by atoms with Gasteiger partial charge in [0.1, 0.15) is 22.9 Å². The number of Topliss-reactive ketones (excluding diaryl/α,β-unsaturated/α-hetero) is 1. The van der Waals surface area contributed by atoms with Crippen molar-refractivity contribution in [2.75, 3.05) is 0 Å². The molecule has 0 unspecified atom stereocenters. The van der Waals surface area contributed by atoms with E-state index >= 15 is 0 Å². The first kappa shape index (κ1) is 20.6. The van der Waals surface area contributed by atoms with Crippen molar-refractivity contribution < 1.29 is 22.4 Å². The molecule has 0 bridgehead atoms. The summed E-state index contributed by atoms with van der Waals surface area (Å²) in [6, 6.07) is 1.01. The molecule has 1 aromatic heterocycles. The van der Waals surface area contributed by atoms with Crippen LogP contribution in [0.25, 0.3) is 5.69 Å². The highest BCUT2D eigenvalue weighted by Gasteiger charge is 2.30. The number of carbonyl (C=O) groups excluding carboxylic acids is 1. The Morgan fingerprint density at radius 3 is 2.14 bits per heavy atom. The van der Waals surface area contributed by atoms with Crippen molar-refractivity contribution in [2.24, 2.45) is 0 Å². The van der Waals surface area contributed by atoms with Crippen LogP contribution in [0.5, 0.6) is 0 Å². The highest BCUT2D eigenvalue weighted by Crippen LogP contribution is 2.26. The van der Waals surface area contributed by atoms with Crippen LogP contribution in [0, 0.1) is 41.5 Å². The molecule has 28 heavy (non-hydrogen) atoms. The summed E-state index contributed by atoms with van der Waals surface area (Å²) in [6.07, 6.45) is 2.50. The third kappa shape index (κ3) is 3.20. The smallest absolute Gasteiger partial charge is 0.282 e. The number of benzene rings is 1. The van der Waals surface area contributed by atoms with Crippen LogP contribution in [0.2, 0.25) is 0 Å². The summed E-state index contributed by atoms with van der Waals surface area (Å²) in [6.45, 7) is 9.91. The van der Waals surface area contributed by atoms with Crippen LogP contribution in [0.3, 0.4) is 0 Å². The summed E-state index contributed by atoms with van der Waals surface area (Å²) < 4.78 is 56.4. The highest BCUT2D eigenvalue weighted by molar-refractivity contribution is 6.11. The van der Waals surface area contributed by atoms with E-state index in [1.807, 2.05) is 0 Å². The Kier molecular flexibility index (Phi) is 5.54. The Bertz CT molecular complexity index is 1130. The van der Waals surface area contributed by atoms with Gasteiger partial charge in [-0.1, -0.05) is 24.8 Å². The Morgan fingerprint density at radius 2 is 1.71 bits per heavy atom. The van der Waals surface area contributed by atoms with Crippen LogP contribution >= 0.6 is 0 Å². The largest absolute Gasteiger partial charge is 0.294 e. The number of ketones is 1. The van der Waals surface area contributed by atoms with Gasteiger partial charge in [-0.05, 0) is 19.9 Å². The van der Waals surface area contributed by atoms with E-state index in [1.54, 1.807) is 6.92 Å². The van der Waals surface area contributed by atoms with Gasteiger partial charge in [0, 0.05) is 11.3 Å². The van der Waals surface area contributed by atoms with Gasteiger partial charge in [-0.15, -0.1) is 0 Å². The lowest BCUT2D eigenvalue weighted by molar-refractivity contribution is 0.103. The first-order chi connectivity index (χ1) is 13.1. The van der Waals surface area contributed by atoms with Crippen LogP contribution in [0.1, 0.15) is 28.5 Å². The summed E-state index contributed by atoms with van der Waals surface area (Å²) in [4.78, 5) is 25.2. The summed E-state index contributed by atoms with van der Waals surface area (Å²) in [5.74, 6) is -8.67. The molecular weight excluding hydrogens is 378 g/mol. The summed E-state index contributed by atoms with van der Waals surface area (Å²) >= 11 is 0. The second kappa shape index (κ2) is 7.52. The lowest BCUT2D eigenvalue weighted by Crippen LogP contribution is -2.24. The number of halogens is 4. The van der Waals surface area contributed by atoms with Crippen LogP contribution in [-0.2, 0) is 0 Å². The summed E-state index contributed by atoms with van der Waals surface area (Å²) in [7, 11) is 0. The fourth-order valence-electron chi connectivity index (χ4n) is 2.51. The number of aromatic nitrogens is 2. The molecule has 1 N–H and O–H groups in total. The van der Waals surface area contributed by atoms with Gasteiger partial charge in [-0.3, -0.25) is 14.7 Å². The molecule has 1 aromatic carbocycles. The molecule has 0 saturated carbocycles. The van der Waals surface area contributed by atoms with Crippen LogP contribution in [-0.4, -0.2) is 15.6 Å². The molecule has 1 heterocycles. The molecule has 144 valence electrons. The van der Waals surface area contributed by atoms with E-state index in [0.29, 0.717) is 5.57 Å². The van der Waals surface area contributed by atoms with E-state index < -0.39 is 51.4 Å². The van der Waals surface area contributed by atoms with Crippen LogP contribution in [0.15, 0.2) is 41.3 Å². The van der Waals surface area contributed by atoms with Crippen LogP contribution < -0.4 is 5.56 Å². The van der Waals surface area contributed by atoms with E-state index in [2.05, 4.69) is 18.3 Å². The molecular formula is C19H13F4N3O2. The molecule has 5 nitrogen and oxygen atoms in total. The predicted octanol–water partition coefficient (Wildman–Crippen LogP) is 3.77. The van der Waals surface area contributed by atoms with Crippen molar-refractivity contribution in [1.82, 2.24) is 9.78 Å². The Hall–Kier alpha value is -3.67. The van der Waals surface area contributed by atoms with Crippen molar-refractivity contribution in [3.05, 3.63) is 86.9 Å². The molecule has 0 fully saturated rings. The Balaban J connectivity index is 2.81. The molecule has 0 atom stereocenters. The van der Waals surface area contributed by atoms with Crippen LogP contribution in [0.4, 0.5) is 17.6 Å². The lowest BCUT2D eigenvalue weighted by atomic mass is 10.0. The zero-order chi connectivity index (χ0) is 21.3. The average molecular weight is 391 g/mol. The summed E-state index contributed by atoms with van der Waals surface area (Å²) in [5, 5.41) is 10.9. The molecule has 0 aliphatic carbocycles. The first-order valence-electron chi connectivity index (χ1n) is 7.69. The Morgan fingerprint density at radius 1 is 1.18 bits per heavy atom. The Labute approximate surface area is 156 Å². The van der Waals surface area contributed by atoms with Crippen molar-refractivity contribution in [3.8, 4) is 11.8 Å². The number of carbonyl (C=O) groups is 1. The van der Waals surface area contributed by atoms with Gasteiger partial charge in [-0.25, -0.2) is 22.2 Å². The number of nitrogens with zero attached hydrogens (tertiary/aromatic N) is 2. The fourth-order valence-corrected chi connectivity index (χ4v) is 2.51. The number of rotatable bonds is 5. The maximum atomic E-state index is 14.3. The molecule has 0 aliphatic rings. The van der Waals surface area contributed by atoms with Gasteiger partial charge >= 0.3 is 0 Å². The van der Waals surface area contributed by atoms with Crippen molar-refractivity contribution in [2.45, 2.75) is 13.8 Å². The van der Waals surface area contributed by atoms with Gasteiger partial charge in [0.2, 0.25) is 0 Å². The topological polar surface area (TPSA) is 78.7 Å². The van der Waals surface area contributed by atoms with Gasteiger partial charge in [-0.2, -0.15) is 5.26 Å². The maximum absolute atomic E-state index is 14.3. The number of aromatic amines is 1. The first-order valence-corrected chi connectivity index (χ1v) is 7.69. The molecule has 0 saturated heterocycles. The standard InChI is InChI=1S/C19H13F4N3O2/c1-5-10(6-8(2)3)18(27)12-9(4)25-26(19(12)28)17-15(22)13(20)11(7-24)14(21)16(17)23/h5-6,25H,1-2H2,3-4H3/b10-6+. The average Bonchev–Trinajstić information content (AvgIpc) is 2.92. The van der Waals surface area contributed by atoms with E-state index in [9.17, 15) is 27.2 Å². The minimum absolute atomic E-state index is 0.0167. The number of allylic oxidation sites excluding steroid dienone is 4. The maximum Gasteiger partial charge on any atom is 0.282 e. The van der Waals surface area contributed by atoms with E-state index in [0.717, 1.165) is 12.1 Å². The van der Waals surface area contributed by atoms with Crippen molar-refractivity contribution >= 4 is 5.78 Å². The number of nitriles is 1. The molecule has 0 aliphatic heterocycles. The van der Waals surface area contributed by atoms with E-state index in [-0.39, 0.29) is 15.9 Å². The second-order valence-electron chi connectivity index (χ2n) is 5.82. The third-order valence-corrected chi connectivity index (χ3v) is 3.76. The highest BCUT2D eigenvalue weighted by atomic mass is 19.2. The summed E-state index contributed by atoms with van der Waals surface area (Å²) in [5.41, 5.74) is -4.26. The molecule has 2 rings (SSSR count). The normalized spacial score (nSPS) is 11.2. The van der Waals surface area contributed by atoms with Gasteiger partial charge in [0.05, 0.1) is 0 Å². The van der Waals surface area contributed by atoms with Gasteiger partial charge in [0.15, 0.2) is 29.1 Å². The molecule has 0 amide bonds. The molecule has 9 heteroatoms. The number of aryl methyl sites for hydroxylation is 1. The third-order valence-electron chi connectivity index (χ3n) is 3.76. The number of hydrogen-bond donors (Lipinski definition) is 1. The zero-order valence-corrected chi connectivity index (χ0v) is 14.8. The molecule has 0 radical (unpaired) electrons. The minimum atomic E-state index is -1.96. The molecule has 2 aromatic rings. The number of nitrogens with one attached hydrogen (secondary N) is 1. The minimum Gasteiger partial charge on any atom is -0.294 e. The van der Waals surface area contributed by atoms with Gasteiger partial charge in [0.25, 0.3) is 5.56 Å². The number of hydrogen-bond acceptors (Lipinski definition) is 3. The van der Waals surface area contributed by atoms with E-state index in [1.165, 1.54) is 13.0 Å². The van der Waals surface area contributed by atoms with Gasteiger partial charge < -0.3 is 0 Å². The predicted molar refractivity (Wildman–Crippen MR) is 93.1 cm³/mol. The lowest BCUT2D eigenvalue weighted by Gasteiger charge is -2.08. The van der Waals surface area contributed by atoms with Crippen molar-refractivity contribution in [3.63, 3.8) is 0 Å². The number of H-pyrrole nitrogens is 1. The SMILES string of the molecule is C=C/C(=C\C(=C)C)C(=O)c1c(C)[nH]n(-c2c(F)c(F)c(C#N)c(F)c2F)c1=O. The monoisotopic (exact) mass is 391 g/mol. The zero-order valence-electron chi connectivity index (χ0n) is 14.8.